The molecule has 0 aromatic carbocycles. The topological polar surface area (TPSA) is 64.7 Å². The van der Waals surface area contributed by atoms with Crippen LogP contribution in [-0.4, -0.2) is 66.5 Å². The number of carbonyl (C=O) groups excluding carboxylic acids is 2. The molecule has 0 aromatic heterocycles. The quantitative estimate of drug-likeness (QED) is 0.802. The molecule has 130 valence electrons. The van der Waals surface area contributed by atoms with Gasteiger partial charge in [-0.25, -0.2) is 4.79 Å². The summed E-state index contributed by atoms with van der Waals surface area (Å²) in [6, 6.07) is 0.619. The van der Waals surface area contributed by atoms with Gasteiger partial charge in [-0.1, -0.05) is 12.8 Å². The lowest BCUT2D eigenvalue weighted by atomic mass is 9.95. The highest BCUT2D eigenvalue weighted by Gasteiger charge is 2.34. The standard InChI is InChI=1S/C17H30N4O2/c1-13-11-18-8-10-21(13)16(22)14-5-4-9-20(12-14)17(23)19-15-6-2-3-7-15/h13-15,18H,2-12H2,1H3,(H,19,23)/t13-,14?/m1/s1. The molecular formula is C17H30N4O2. The van der Waals surface area contributed by atoms with Crippen LogP contribution in [0.4, 0.5) is 4.79 Å². The first-order valence-corrected chi connectivity index (χ1v) is 9.22. The van der Waals surface area contributed by atoms with Crippen LogP contribution in [0.5, 0.6) is 0 Å². The van der Waals surface area contributed by atoms with Crippen molar-refractivity contribution in [2.45, 2.75) is 57.5 Å². The number of rotatable bonds is 2. The minimum absolute atomic E-state index is 0.0290. The zero-order valence-corrected chi connectivity index (χ0v) is 14.2. The molecule has 6 heteroatoms. The van der Waals surface area contributed by atoms with Crippen molar-refractivity contribution in [3.8, 4) is 0 Å². The number of amides is 3. The van der Waals surface area contributed by atoms with E-state index in [2.05, 4.69) is 17.6 Å². The normalized spacial score (nSPS) is 29.6. The van der Waals surface area contributed by atoms with Crippen LogP contribution in [0, 0.1) is 5.92 Å². The Morgan fingerprint density at radius 1 is 1.09 bits per heavy atom. The summed E-state index contributed by atoms with van der Waals surface area (Å²) in [7, 11) is 0. The Balaban J connectivity index is 1.54. The second-order valence-electron chi connectivity index (χ2n) is 7.30. The molecule has 3 aliphatic rings. The molecule has 2 heterocycles. The molecule has 1 aliphatic carbocycles. The fraction of sp³-hybridized carbons (Fsp3) is 0.882. The molecule has 3 fully saturated rings. The van der Waals surface area contributed by atoms with Crippen LogP contribution < -0.4 is 10.6 Å². The maximum Gasteiger partial charge on any atom is 0.317 e. The average molecular weight is 322 g/mol. The van der Waals surface area contributed by atoms with E-state index in [4.69, 9.17) is 0 Å². The molecule has 1 unspecified atom stereocenters. The molecule has 3 rings (SSSR count). The van der Waals surface area contributed by atoms with E-state index in [0.29, 0.717) is 12.6 Å². The number of urea groups is 1. The molecule has 0 aromatic rings. The van der Waals surface area contributed by atoms with Crippen LogP contribution in [0.25, 0.3) is 0 Å². The minimum atomic E-state index is -0.0290. The Hall–Kier alpha value is -1.30. The molecule has 23 heavy (non-hydrogen) atoms. The maximum absolute atomic E-state index is 12.8. The van der Waals surface area contributed by atoms with Crippen molar-refractivity contribution >= 4 is 11.9 Å². The molecule has 1 saturated carbocycles. The van der Waals surface area contributed by atoms with E-state index in [9.17, 15) is 9.59 Å². The van der Waals surface area contributed by atoms with Crippen molar-refractivity contribution in [1.82, 2.24) is 20.4 Å². The lowest BCUT2D eigenvalue weighted by molar-refractivity contribution is -0.139. The fourth-order valence-corrected chi connectivity index (χ4v) is 4.10. The second-order valence-corrected chi connectivity index (χ2v) is 7.30. The molecule has 6 nitrogen and oxygen atoms in total. The monoisotopic (exact) mass is 322 g/mol. The van der Waals surface area contributed by atoms with Crippen molar-refractivity contribution in [2.75, 3.05) is 32.7 Å². The molecule has 0 bridgehead atoms. The van der Waals surface area contributed by atoms with Crippen LogP contribution in [0.3, 0.4) is 0 Å². The molecular weight excluding hydrogens is 292 g/mol. The van der Waals surface area contributed by atoms with Crippen molar-refractivity contribution < 1.29 is 9.59 Å². The third kappa shape index (κ3) is 3.97. The third-order valence-corrected chi connectivity index (χ3v) is 5.52. The largest absolute Gasteiger partial charge is 0.337 e. The maximum atomic E-state index is 12.8. The number of piperidine rings is 1. The molecule has 2 aliphatic heterocycles. The van der Waals surface area contributed by atoms with Gasteiger partial charge >= 0.3 is 6.03 Å². The van der Waals surface area contributed by atoms with Gasteiger partial charge in [-0.15, -0.1) is 0 Å². The van der Waals surface area contributed by atoms with Crippen molar-refractivity contribution in [2.24, 2.45) is 5.92 Å². The average Bonchev–Trinajstić information content (AvgIpc) is 3.08. The number of hydrogen-bond donors (Lipinski definition) is 2. The van der Waals surface area contributed by atoms with Crippen LogP contribution in [0.1, 0.15) is 45.4 Å². The van der Waals surface area contributed by atoms with Gasteiger partial charge in [-0.2, -0.15) is 0 Å². The van der Waals surface area contributed by atoms with Gasteiger partial charge in [0.25, 0.3) is 0 Å². The number of piperazine rings is 1. The highest BCUT2D eigenvalue weighted by atomic mass is 16.2. The Bertz CT molecular complexity index is 436. The zero-order valence-electron chi connectivity index (χ0n) is 14.2. The molecule has 0 spiro atoms. The molecule has 2 saturated heterocycles. The van der Waals surface area contributed by atoms with Gasteiger partial charge in [0, 0.05) is 44.8 Å². The van der Waals surface area contributed by atoms with E-state index in [1.54, 1.807) is 0 Å². The first-order chi connectivity index (χ1) is 11.1. The SMILES string of the molecule is C[C@@H]1CNCCN1C(=O)C1CCCN(C(=O)NC2CCCC2)C1. The molecule has 0 radical (unpaired) electrons. The second kappa shape index (κ2) is 7.51. The number of hydrogen-bond acceptors (Lipinski definition) is 3. The van der Waals surface area contributed by atoms with Crippen LogP contribution in [-0.2, 0) is 4.79 Å². The summed E-state index contributed by atoms with van der Waals surface area (Å²) in [4.78, 5) is 29.1. The van der Waals surface area contributed by atoms with Gasteiger partial charge in [0.2, 0.25) is 5.91 Å². The summed E-state index contributed by atoms with van der Waals surface area (Å²) >= 11 is 0. The van der Waals surface area contributed by atoms with E-state index < -0.39 is 0 Å². The van der Waals surface area contributed by atoms with Crippen molar-refractivity contribution in [3.63, 3.8) is 0 Å². The van der Waals surface area contributed by atoms with Crippen molar-refractivity contribution in [3.05, 3.63) is 0 Å². The van der Waals surface area contributed by atoms with Gasteiger partial charge < -0.3 is 20.4 Å². The van der Waals surface area contributed by atoms with E-state index in [0.717, 1.165) is 51.9 Å². The van der Waals surface area contributed by atoms with E-state index in [-0.39, 0.29) is 23.9 Å². The smallest absolute Gasteiger partial charge is 0.317 e. The van der Waals surface area contributed by atoms with Gasteiger partial charge in [-0.05, 0) is 32.6 Å². The number of likely N-dealkylation sites (tertiary alicyclic amines) is 1. The van der Waals surface area contributed by atoms with E-state index in [1.807, 2.05) is 9.80 Å². The lowest BCUT2D eigenvalue weighted by Crippen LogP contribution is -2.56. The number of nitrogens with one attached hydrogen (secondary N) is 2. The summed E-state index contributed by atoms with van der Waals surface area (Å²) in [5.41, 5.74) is 0. The first kappa shape index (κ1) is 16.6. The Labute approximate surface area is 139 Å². The van der Waals surface area contributed by atoms with Gasteiger partial charge in [-0.3, -0.25) is 4.79 Å². The van der Waals surface area contributed by atoms with Gasteiger partial charge in [0.05, 0.1) is 5.92 Å². The summed E-state index contributed by atoms with van der Waals surface area (Å²) in [5.74, 6) is 0.205. The fourth-order valence-electron chi connectivity index (χ4n) is 4.10. The minimum Gasteiger partial charge on any atom is -0.337 e. The highest BCUT2D eigenvalue weighted by molar-refractivity contribution is 5.81. The van der Waals surface area contributed by atoms with E-state index >= 15 is 0 Å². The zero-order chi connectivity index (χ0) is 16.2. The predicted molar refractivity (Wildman–Crippen MR) is 89.1 cm³/mol. The van der Waals surface area contributed by atoms with Crippen molar-refractivity contribution in [1.29, 1.82) is 0 Å². The molecule has 2 atom stereocenters. The Kier molecular flexibility index (Phi) is 5.41. The predicted octanol–water partition coefficient (Wildman–Crippen LogP) is 1.17. The molecule has 3 amide bonds. The van der Waals surface area contributed by atoms with Gasteiger partial charge in [0.15, 0.2) is 0 Å². The Morgan fingerprint density at radius 2 is 1.87 bits per heavy atom. The van der Waals surface area contributed by atoms with Crippen LogP contribution in [0.15, 0.2) is 0 Å². The van der Waals surface area contributed by atoms with Crippen LogP contribution in [0.2, 0.25) is 0 Å². The van der Waals surface area contributed by atoms with Gasteiger partial charge in [0.1, 0.15) is 0 Å². The lowest BCUT2D eigenvalue weighted by Gasteiger charge is -2.39. The first-order valence-electron chi connectivity index (χ1n) is 9.22. The van der Waals surface area contributed by atoms with E-state index in [1.165, 1.54) is 12.8 Å². The third-order valence-electron chi connectivity index (χ3n) is 5.52. The van der Waals surface area contributed by atoms with Crippen LogP contribution >= 0.6 is 0 Å². The number of carbonyl (C=O) groups is 2. The highest BCUT2D eigenvalue weighted by Crippen LogP contribution is 2.22. The summed E-state index contributed by atoms with van der Waals surface area (Å²) in [5, 5.41) is 6.47. The summed E-state index contributed by atoms with van der Waals surface area (Å²) in [6.07, 6.45) is 6.46. The summed E-state index contributed by atoms with van der Waals surface area (Å²) in [6.45, 7) is 5.97. The summed E-state index contributed by atoms with van der Waals surface area (Å²) < 4.78 is 0. The molecule has 2 N–H and O–H groups in total. The number of nitrogens with zero attached hydrogens (tertiary/aromatic N) is 2. The Morgan fingerprint density at radius 3 is 2.61 bits per heavy atom.